The zero-order chi connectivity index (χ0) is 17.8. The molecule has 2 aromatic heterocycles. The maximum absolute atomic E-state index is 13.0. The lowest BCUT2D eigenvalue weighted by molar-refractivity contribution is -0.144. The van der Waals surface area contributed by atoms with Gasteiger partial charge in [0.15, 0.2) is 0 Å². The Morgan fingerprint density at radius 2 is 1.88 bits per heavy atom. The fourth-order valence-corrected chi connectivity index (χ4v) is 2.83. The highest BCUT2D eigenvalue weighted by Crippen LogP contribution is 2.42. The molecule has 0 spiro atoms. The first-order valence-electron chi connectivity index (χ1n) is 7.65. The molecule has 25 heavy (non-hydrogen) atoms. The highest BCUT2D eigenvalue weighted by Gasteiger charge is 2.40. The minimum atomic E-state index is -4.63. The number of halogens is 4. The summed E-state index contributed by atoms with van der Waals surface area (Å²) in [6, 6.07) is 7.88. The van der Waals surface area contributed by atoms with Crippen LogP contribution in [0.15, 0.2) is 30.3 Å². The van der Waals surface area contributed by atoms with Crippen LogP contribution < -0.4 is 5.32 Å². The van der Waals surface area contributed by atoms with Gasteiger partial charge >= 0.3 is 6.18 Å². The van der Waals surface area contributed by atoms with Crippen LogP contribution in [0.2, 0.25) is 0 Å². The average molecular weight is 351 g/mol. The molecule has 1 aliphatic rings. The first-order chi connectivity index (χ1) is 11.8. The third-order valence-corrected chi connectivity index (χ3v) is 4.12. The van der Waals surface area contributed by atoms with Gasteiger partial charge < -0.3 is 5.32 Å². The molecule has 1 saturated carbocycles. The molecule has 0 bridgehead atoms. The van der Waals surface area contributed by atoms with E-state index in [1.54, 1.807) is 25.1 Å². The monoisotopic (exact) mass is 351 g/mol. The topological polar surface area (TPSA) is 55.1 Å². The van der Waals surface area contributed by atoms with Crippen LogP contribution >= 0.6 is 0 Å². The molecule has 0 radical (unpaired) electrons. The Hall–Kier alpha value is -2.71. The predicted octanol–water partition coefficient (Wildman–Crippen LogP) is 3.56. The lowest BCUT2D eigenvalue weighted by Gasteiger charge is -2.08. The van der Waals surface area contributed by atoms with Gasteiger partial charge in [-0.1, -0.05) is 12.1 Å². The van der Waals surface area contributed by atoms with Gasteiger partial charge in [0.05, 0.1) is 0 Å². The second-order valence-corrected chi connectivity index (χ2v) is 6.07. The Morgan fingerprint density at radius 3 is 2.56 bits per heavy atom. The summed E-state index contributed by atoms with van der Waals surface area (Å²) in [5.74, 6) is -1.05. The smallest absolute Gasteiger partial charge is 0.366 e. The van der Waals surface area contributed by atoms with Gasteiger partial charge in [-0.3, -0.25) is 0 Å². The van der Waals surface area contributed by atoms with Gasteiger partial charge in [0.25, 0.3) is 11.6 Å². The number of nitrogens with one attached hydrogen (secondary N) is 1. The first-order valence-corrected chi connectivity index (χ1v) is 7.65. The van der Waals surface area contributed by atoms with Gasteiger partial charge in [-0.2, -0.15) is 22.7 Å². The molecule has 9 heteroatoms. The van der Waals surface area contributed by atoms with Crippen molar-refractivity contribution < 1.29 is 17.6 Å². The number of rotatable bonds is 3. The average Bonchev–Trinajstić information content (AvgIpc) is 3.14. The summed E-state index contributed by atoms with van der Waals surface area (Å²) in [7, 11) is 0. The van der Waals surface area contributed by atoms with Gasteiger partial charge in [0, 0.05) is 23.7 Å². The van der Waals surface area contributed by atoms with Crippen LogP contribution in [-0.4, -0.2) is 25.6 Å². The zero-order valence-corrected chi connectivity index (χ0v) is 13.0. The first kappa shape index (κ1) is 15.8. The van der Waals surface area contributed by atoms with Gasteiger partial charge in [0.1, 0.15) is 11.6 Å². The number of aryl methyl sites for hydroxylation is 1. The molecule has 2 heterocycles. The molecule has 4 rings (SSSR count). The second kappa shape index (κ2) is 5.40. The van der Waals surface area contributed by atoms with E-state index in [1.807, 2.05) is 0 Å². The second-order valence-electron chi connectivity index (χ2n) is 6.07. The van der Waals surface area contributed by atoms with E-state index < -0.39 is 12.0 Å². The Morgan fingerprint density at radius 1 is 1.16 bits per heavy atom. The van der Waals surface area contributed by atoms with E-state index in [-0.39, 0.29) is 23.6 Å². The van der Waals surface area contributed by atoms with Crippen LogP contribution in [-0.2, 0) is 6.18 Å². The van der Waals surface area contributed by atoms with Crippen LogP contribution in [0.1, 0.15) is 29.4 Å². The molecule has 0 saturated heterocycles. The van der Waals surface area contributed by atoms with E-state index in [9.17, 15) is 17.6 Å². The van der Waals surface area contributed by atoms with Gasteiger partial charge in [-0.05, 0) is 31.0 Å². The standard InChI is InChI=1S/C16H13F4N5/c1-8-6-13(25-15(21-8)23-14(24-25)16(18,19)20)22-12-7-11(12)9-2-4-10(17)5-3-9/h2-6,11-12,22H,7H2,1H3/t11-,12+/m0/s1. The highest BCUT2D eigenvalue weighted by molar-refractivity contribution is 5.48. The van der Waals surface area contributed by atoms with Gasteiger partial charge in [-0.15, -0.1) is 5.10 Å². The van der Waals surface area contributed by atoms with Crippen LogP contribution in [0.3, 0.4) is 0 Å². The van der Waals surface area contributed by atoms with Gasteiger partial charge in [-0.25, -0.2) is 9.37 Å². The Bertz CT molecular complexity index is 932. The minimum absolute atomic E-state index is 0.0361. The molecular formula is C16H13F4N5. The van der Waals surface area contributed by atoms with E-state index in [4.69, 9.17) is 0 Å². The summed E-state index contributed by atoms with van der Waals surface area (Å²) < 4.78 is 52.6. The Balaban J connectivity index is 1.61. The summed E-state index contributed by atoms with van der Waals surface area (Å²) in [6.07, 6.45) is -3.83. The van der Waals surface area contributed by atoms with Crippen molar-refractivity contribution in [3.63, 3.8) is 0 Å². The summed E-state index contributed by atoms with van der Waals surface area (Å²) in [5, 5.41) is 6.71. The maximum atomic E-state index is 13.0. The van der Waals surface area contributed by atoms with E-state index in [0.717, 1.165) is 16.5 Å². The highest BCUT2D eigenvalue weighted by atomic mass is 19.4. The number of benzene rings is 1. The van der Waals surface area contributed by atoms with Crippen molar-refractivity contribution in [2.75, 3.05) is 5.32 Å². The molecule has 1 aliphatic carbocycles. The fraction of sp³-hybridized carbons (Fsp3) is 0.312. The molecule has 3 aromatic rings. The van der Waals surface area contributed by atoms with Crippen molar-refractivity contribution >= 4 is 11.6 Å². The molecule has 1 aromatic carbocycles. The predicted molar refractivity (Wildman–Crippen MR) is 81.7 cm³/mol. The quantitative estimate of drug-likeness (QED) is 0.733. The number of fused-ring (bicyclic) bond motifs is 1. The summed E-state index contributed by atoms with van der Waals surface area (Å²) >= 11 is 0. The number of alkyl halides is 3. The molecule has 130 valence electrons. The minimum Gasteiger partial charge on any atom is -0.366 e. The Kier molecular flexibility index (Phi) is 3.41. The molecule has 0 unspecified atom stereocenters. The van der Waals surface area contributed by atoms with E-state index in [2.05, 4.69) is 20.4 Å². The number of aromatic nitrogens is 4. The van der Waals surface area contributed by atoms with E-state index in [0.29, 0.717) is 11.5 Å². The van der Waals surface area contributed by atoms with Crippen molar-refractivity contribution in [3.8, 4) is 0 Å². The van der Waals surface area contributed by atoms with Crippen molar-refractivity contribution in [2.45, 2.75) is 31.5 Å². The Labute approximate surface area is 139 Å². The maximum Gasteiger partial charge on any atom is 0.453 e. The molecule has 1 fully saturated rings. The summed E-state index contributed by atoms with van der Waals surface area (Å²) in [4.78, 5) is 7.45. The lowest BCUT2D eigenvalue weighted by Crippen LogP contribution is -2.11. The molecule has 0 amide bonds. The number of hydrogen-bond acceptors (Lipinski definition) is 4. The van der Waals surface area contributed by atoms with E-state index in [1.165, 1.54) is 12.1 Å². The molecule has 2 atom stereocenters. The number of nitrogens with zero attached hydrogens (tertiary/aromatic N) is 4. The SMILES string of the molecule is Cc1cc(N[C@@H]2C[C@H]2c2ccc(F)cc2)n2nc(C(F)(F)F)nc2n1. The normalized spacial score (nSPS) is 20.0. The molecular weight excluding hydrogens is 338 g/mol. The van der Waals surface area contributed by atoms with Crippen LogP contribution in [0.25, 0.3) is 5.78 Å². The third-order valence-electron chi connectivity index (χ3n) is 4.12. The van der Waals surface area contributed by atoms with Crippen molar-refractivity contribution in [1.29, 1.82) is 0 Å². The zero-order valence-electron chi connectivity index (χ0n) is 13.0. The van der Waals surface area contributed by atoms with Crippen LogP contribution in [0.5, 0.6) is 0 Å². The lowest BCUT2D eigenvalue weighted by atomic mass is 10.1. The largest absolute Gasteiger partial charge is 0.453 e. The molecule has 5 nitrogen and oxygen atoms in total. The fourth-order valence-electron chi connectivity index (χ4n) is 2.83. The van der Waals surface area contributed by atoms with E-state index >= 15 is 0 Å². The third kappa shape index (κ3) is 3.01. The summed E-state index contributed by atoms with van der Waals surface area (Å²) in [5.41, 5.74) is 1.52. The van der Waals surface area contributed by atoms with Crippen molar-refractivity contribution in [2.24, 2.45) is 0 Å². The van der Waals surface area contributed by atoms with Crippen LogP contribution in [0, 0.1) is 12.7 Å². The van der Waals surface area contributed by atoms with Crippen molar-refractivity contribution in [1.82, 2.24) is 19.6 Å². The summed E-state index contributed by atoms with van der Waals surface area (Å²) in [6.45, 7) is 1.68. The van der Waals surface area contributed by atoms with Crippen LogP contribution in [0.4, 0.5) is 23.4 Å². The molecule has 1 N–H and O–H groups in total. The van der Waals surface area contributed by atoms with Gasteiger partial charge in [0.2, 0.25) is 0 Å². The molecule has 0 aliphatic heterocycles. The number of hydrogen-bond donors (Lipinski definition) is 1. The number of anilines is 1. The van der Waals surface area contributed by atoms with Crippen molar-refractivity contribution in [3.05, 3.63) is 53.2 Å².